The molecule has 216 valence electrons. The number of nitrogens with one attached hydrogen (secondary N) is 2. The van der Waals surface area contributed by atoms with Gasteiger partial charge in [-0.1, -0.05) is 0 Å². The molecule has 1 atom stereocenters. The highest BCUT2D eigenvalue weighted by Gasteiger charge is 2.30. The number of amides is 2. The zero-order valence-electron chi connectivity index (χ0n) is 23.0. The number of likely N-dealkylation sites (tertiary alicyclic amines) is 2. The summed E-state index contributed by atoms with van der Waals surface area (Å²) in [6.07, 6.45) is 1.93. The van der Waals surface area contributed by atoms with Gasteiger partial charge in [-0.25, -0.2) is 4.79 Å². The largest absolute Gasteiger partial charge is 0.494 e. The molecule has 39 heavy (non-hydrogen) atoms. The summed E-state index contributed by atoms with van der Waals surface area (Å²) < 4.78 is 10.7. The molecular formula is C26H39N5O8. The Hall–Kier alpha value is -3.61. The van der Waals surface area contributed by atoms with Gasteiger partial charge in [-0.3, -0.25) is 19.7 Å². The molecule has 2 aliphatic rings. The maximum absolute atomic E-state index is 13.3. The van der Waals surface area contributed by atoms with Crippen LogP contribution in [-0.2, 0) is 9.53 Å². The molecule has 1 aromatic rings. The van der Waals surface area contributed by atoms with E-state index in [4.69, 9.17) is 14.6 Å². The third-order valence-electron chi connectivity index (χ3n) is 6.84. The lowest BCUT2D eigenvalue weighted by atomic mass is 9.97. The predicted octanol–water partition coefficient (Wildman–Crippen LogP) is 2.94. The van der Waals surface area contributed by atoms with E-state index in [9.17, 15) is 24.5 Å². The van der Waals surface area contributed by atoms with Gasteiger partial charge in [0.25, 0.3) is 11.6 Å². The quantitative estimate of drug-likeness (QED) is 0.308. The number of nitrogens with zero attached hydrogens (tertiary/aromatic N) is 3. The number of nitro benzene ring substituents is 1. The van der Waals surface area contributed by atoms with E-state index in [1.165, 1.54) is 19.2 Å². The summed E-state index contributed by atoms with van der Waals surface area (Å²) in [5, 5.41) is 27.0. The van der Waals surface area contributed by atoms with Gasteiger partial charge >= 0.3 is 12.1 Å². The predicted molar refractivity (Wildman–Crippen MR) is 143 cm³/mol. The molecular weight excluding hydrogens is 510 g/mol. The second-order valence-corrected chi connectivity index (χ2v) is 10.9. The number of piperidine rings is 2. The number of benzene rings is 1. The summed E-state index contributed by atoms with van der Waals surface area (Å²) >= 11 is 0. The van der Waals surface area contributed by atoms with Crippen molar-refractivity contribution in [2.45, 2.75) is 58.1 Å². The summed E-state index contributed by atoms with van der Waals surface area (Å²) in [4.78, 5) is 51.8. The SMILES string of the molecule is COc1cc(C(=O)N2CCCC(NC(=O)OC(C)(C)C)C2)cc([N+](=O)[O-])c1NCCN1CCC(C(=O)O)CC1. The standard InChI is InChI=1S/C26H39N5O8/c1-26(2,3)39-25(35)28-19-6-5-10-30(16-19)23(32)18-14-20(31(36)37)22(21(15-18)38-4)27-9-13-29-11-7-17(8-12-29)24(33)34/h14-15,17,19,27H,5-13,16H2,1-4H3,(H,28,35)(H,33,34). The number of hydrogen-bond donors (Lipinski definition) is 3. The molecule has 2 fully saturated rings. The Morgan fingerprint density at radius 1 is 1.15 bits per heavy atom. The van der Waals surface area contributed by atoms with Crippen LogP contribution < -0.4 is 15.4 Å². The van der Waals surface area contributed by atoms with E-state index in [0.717, 1.165) is 0 Å². The van der Waals surface area contributed by atoms with E-state index < -0.39 is 22.6 Å². The van der Waals surface area contributed by atoms with Gasteiger partial charge in [-0.15, -0.1) is 0 Å². The molecule has 2 saturated heterocycles. The maximum atomic E-state index is 13.3. The molecule has 2 heterocycles. The Bertz CT molecular complexity index is 1070. The number of hydrogen-bond acceptors (Lipinski definition) is 9. The first-order valence-electron chi connectivity index (χ1n) is 13.2. The van der Waals surface area contributed by atoms with Gasteiger partial charge in [-0.2, -0.15) is 0 Å². The molecule has 0 radical (unpaired) electrons. The van der Waals surface area contributed by atoms with Crippen LogP contribution in [0.2, 0.25) is 0 Å². The summed E-state index contributed by atoms with van der Waals surface area (Å²) in [6, 6.07) is 2.44. The number of rotatable bonds is 9. The van der Waals surface area contributed by atoms with Crippen molar-refractivity contribution in [1.82, 2.24) is 15.1 Å². The molecule has 1 unspecified atom stereocenters. The maximum Gasteiger partial charge on any atom is 0.407 e. The number of alkyl carbamates (subject to hydrolysis) is 1. The van der Waals surface area contributed by atoms with Crippen LogP contribution in [-0.4, -0.2) is 95.8 Å². The second-order valence-electron chi connectivity index (χ2n) is 10.9. The van der Waals surface area contributed by atoms with Crippen LogP contribution in [0.15, 0.2) is 12.1 Å². The van der Waals surface area contributed by atoms with Crippen molar-refractivity contribution in [3.05, 3.63) is 27.8 Å². The molecule has 0 bridgehead atoms. The Kier molecular flexibility index (Phi) is 9.95. The van der Waals surface area contributed by atoms with Gasteiger partial charge in [0.15, 0.2) is 5.69 Å². The number of anilines is 1. The minimum absolute atomic E-state index is 0.123. The van der Waals surface area contributed by atoms with Crippen LogP contribution in [0.1, 0.15) is 56.8 Å². The second kappa shape index (κ2) is 13.0. The molecule has 0 saturated carbocycles. The number of ether oxygens (including phenoxy) is 2. The number of methoxy groups -OCH3 is 1. The first-order valence-corrected chi connectivity index (χ1v) is 13.2. The van der Waals surface area contributed by atoms with Crippen molar-refractivity contribution in [2.24, 2.45) is 5.92 Å². The van der Waals surface area contributed by atoms with E-state index >= 15 is 0 Å². The minimum Gasteiger partial charge on any atom is -0.494 e. The Morgan fingerprint density at radius 2 is 1.85 bits per heavy atom. The first-order chi connectivity index (χ1) is 18.4. The highest BCUT2D eigenvalue weighted by molar-refractivity contribution is 5.97. The molecule has 13 nitrogen and oxygen atoms in total. The first kappa shape index (κ1) is 29.9. The fourth-order valence-electron chi connectivity index (χ4n) is 4.89. The third kappa shape index (κ3) is 8.44. The van der Waals surface area contributed by atoms with Crippen molar-refractivity contribution in [3.8, 4) is 5.75 Å². The lowest BCUT2D eigenvalue weighted by Gasteiger charge is -2.33. The molecule has 0 aliphatic carbocycles. The lowest BCUT2D eigenvalue weighted by Crippen LogP contribution is -2.50. The van der Waals surface area contributed by atoms with E-state index in [-0.39, 0.29) is 47.1 Å². The van der Waals surface area contributed by atoms with Crippen molar-refractivity contribution in [1.29, 1.82) is 0 Å². The van der Waals surface area contributed by atoms with Gasteiger partial charge in [0.2, 0.25) is 0 Å². The monoisotopic (exact) mass is 549 g/mol. The summed E-state index contributed by atoms with van der Waals surface area (Å²) in [6.45, 7) is 8.27. The van der Waals surface area contributed by atoms with Crippen LogP contribution in [0.3, 0.4) is 0 Å². The Labute approximate surface area is 227 Å². The van der Waals surface area contributed by atoms with Gasteiger partial charge in [0.1, 0.15) is 11.4 Å². The number of nitro groups is 1. The van der Waals surface area contributed by atoms with Crippen molar-refractivity contribution in [2.75, 3.05) is 51.7 Å². The zero-order valence-corrected chi connectivity index (χ0v) is 23.0. The minimum atomic E-state index is -0.776. The van der Waals surface area contributed by atoms with E-state index in [2.05, 4.69) is 15.5 Å². The summed E-state index contributed by atoms with van der Waals surface area (Å²) in [7, 11) is 1.39. The fourth-order valence-corrected chi connectivity index (χ4v) is 4.89. The van der Waals surface area contributed by atoms with Crippen molar-refractivity contribution < 1.29 is 33.9 Å². The molecule has 1 aromatic carbocycles. The van der Waals surface area contributed by atoms with Crippen molar-refractivity contribution in [3.63, 3.8) is 0 Å². The van der Waals surface area contributed by atoms with Crippen LogP contribution >= 0.6 is 0 Å². The van der Waals surface area contributed by atoms with E-state index in [0.29, 0.717) is 58.4 Å². The lowest BCUT2D eigenvalue weighted by molar-refractivity contribution is -0.384. The summed E-state index contributed by atoms with van der Waals surface area (Å²) in [5.41, 5.74) is -0.612. The molecule has 3 N–H and O–H groups in total. The Morgan fingerprint density at radius 3 is 2.44 bits per heavy atom. The molecule has 0 aromatic heterocycles. The molecule has 3 rings (SSSR count). The number of carbonyl (C=O) groups excluding carboxylic acids is 2. The normalized spacial score (nSPS) is 18.8. The average Bonchev–Trinajstić information content (AvgIpc) is 2.87. The highest BCUT2D eigenvalue weighted by atomic mass is 16.6. The fraction of sp³-hybridized carbons (Fsp3) is 0.654. The van der Waals surface area contributed by atoms with Crippen LogP contribution in [0, 0.1) is 16.0 Å². The van der Waals surface area contributed by atoms with Crippen LogP contribution in [0.25, 0.3) is 0 Å². The molecule has 2 aliphatic heterocycles. The topological polar surface area (TPSA) is 164 Å². The highest BCUT2D eigenvalue weighted by Crippen LogP contribution is 2.36. The smallest absolute Gasteiger partial charge is 0.407 e. The van der Waals surface area contributed by atoms with E-state index in [1.54, 1.807) is 25.7 Å². The van der Waals surface area contributed by atoms with Crippen LogP contribution in [0.4, 0.5) is 16.2 Å². The van der Waals surface area contributed by atoms with Gasteiger partial charge in [0, 0.05) is 38.3 Å². The average molecular weight is 550 g/mol. The van der Waals surface area contributed by atoms with Gasteiger partial charge in [0.05, 0.1) is 23.5 Å². The van der Waals surface area contributed by atoms with Gasteiger partial charge in [-0.05, 0) is 65.6 Å². The third-order valence-corrected chi connectivity index (χ3v) is 6.84. The van der Waals surface area contributed by atoms with Gasteiger partial charge < -0.3 is 35.0 Å². The van der Waals surface area contributed by atoms with Crippen molar-refractivity contribution >= 4 is 29.3 Å². The molecule has 2 amide bonds. The molecule has 0 spiro atoms. The number of carboxylic acid groups (broad SMARTS) is 1. The number of carboxylic acids is 1. The zero-order chi connectivity index (χ0) is 28.7. The van der Waals surface area contributed by atoms with E-state index in [1.807, 2.05) is 0 Å². The Balaban J connectivity index is 1.67. The molecule has 13 heteroatoms. The number of aliphatic carboxylic acids is 1. The van der Waals surface area contributed by atoms with Crippen LogP contribution in [0.5, 0.6) is 5.75 Å². The summed E-state index contributed by atoms with van der Waals surface area (Å²) in [5.74, 6) is -1.32. The number of carbonyl (C=O) groups is 3.